The molecule has 8 heteroatoms. The maximum atomic E-state index is 14.1. The number of para-hydroxylation sites is 1. The van der Waals surface area contributed by atoms with Gasteiger partial charge < -0.3 is 4.74 Å². The van der Waals surface area contributed by atoms with E-state index >= 15 is 0 Å². The van der Waals surface area contributed by atoms with Gasteiger partial charge in [0.25, 0.3) is 11.8 Å². The van der Waals surface area contributed by atoms with Crippen LogP contribution in [0.4, 0.5) is 14.9 Å². The molecule has 1 heterocycles. The Morgan fingerprint density at radius 2 is 1.93 bits per heavy atom. The average molecular weight is 389 g/mol. The summed E-state index contributed by atoms with van der Waals surface area (Å²) in [7, 11) is 0. The number of anilines is 1. The van der Waals surface area contributed by atoms with Gasteiger partial charge in [-0.05, 0) is 43.3 Å². The van der Waals surface area contributed by atoms with E-state index in [9.17, 15) is 18.8 Å². The Kier molecular flexibility index (Phi) is 5.23. The van der Waals surface area contributed by atoms with E-state index in [-0.39, 0.29) is 11.3 Å². The van der Waals surface area contributed by atoms with Gasteiger partial charge in [0, 0.05) is 10.6 Å². The third-order valence-electron chi connectivity index (χ3n) is 3.77. The molecular formula is C19H14ClFN2O4. The third-order valence-corrected chi connectivity index (χ3v) is 4.00. The lowest BCUT2D eigenvalue weighted by atomic mass is 10.1. The van der Waals surface area contributed by atoms with E-state index in [0.717, 1.165) is 6.07 Å². The first-order valence-corrected chi connectivity index (χ1v) is 8.38. The van der Waals surface area contributed by atoms with Crippen LogP contribution in [0.25, 0.3) is 6.08 Å². The number of nitrogens with one attached hydrogen (secondary N) is 1. The van der Waals surface area contributed by atoms with Crippen LogP contribution in [-0.4, -0.2) is 24.5 Å². The molecule has 27 heavy (non-hydrogen) atoms. The minimum atomic E-state index is -1.02. The fourth-order valence-electron chi connectivity index (χ4n) is 2.58. The molecular weight excluding hydrogens is 375 g/mol. The Labute approximate surface area is 159 Å². The van der Waals surface area contributed by atoms with E-state index in [2.05, 4.69) is 0 Å². The molecule has 4 amide bonds. The normalized spacial score (nSPS) is 15.9. The van der Waals surface area contributed by atoms with E-state index in [1.165, 1.54) is 30.3 Å². The summed E-state index contributed by atoms with van der Waals surface area (Å²) in [5.41, 5.74) is -0.221. The lowest BCUT2D eigenvalue weighted by Gasteiger charge is -2.26. The Bertz CT molecular complexity index is 974. The first-order valence-electron chi connectivity index (χ1n) is 8.00. The molecule has 6 nitrogen and oxygen atoms in total. The molecule has 0 aliphatic carbocycles. The summed E-state index contributed by atoms with van der Waals surface area (Å²) in [6.45, 7) is 2.14. The molecule has 1 saturated heterocycles. The molecule has 2 aromatic rings. The van der Waals surface area contributed by atoms with E-state index in [0.29, 0.717) is 27.8 Å². The summed E-state index contributed by atoms with van der Waals surface area (Å²) in [5, 5.41) is 2.41. The van der Waals surface area contributed by atoms with Crippen LogP contribution in [0, 0.1) is 5.82 Å². The highest BCUT2D eigenvalue weighted by molar-refractivity contribution is 6.39. The summed E-state index contributed by atoms with van der Waals surface area (Å²) >= 11 is 5.99. The number of hydrogen-bond acceptors (Lipinski definition) is 4. The molecule has 0 radical (unpaired) electrons. The highest BCUT2D eigenvalue weighted by atomic mass is 35.5. The smallest absolute Gasteiger partial charge is 0.336 e. The molecule has 0 saturated carbocycles. The summed E-state index contributed by atoms with van der Waals surface area (Å²) in [6.07, 6.45) is 1.26. The maximum Gasteiger partial charge on any atom is 0.336 e. The Morgan fingerprint density at radius 3 is 2.63 bits per heavy atom. The number of rotatable bonds is 4. The molecule has 0 atom stereocenters. The molecule has 1 N–H and O–H groups in total. The molecule has 0 spiro atoms. The minimum Gasteiger partial charge on any atom is -0.493 e. The van der Waals surface area contributed by atoms with Crippen LogP contribution >= 0.6 is 11.6 Å². The van der Waals surface area contributed by atoms with Crippen molar-refractivity contribution >= 4 is 41.2 Å². The highest BCUT2D eigenvalue weighted by Gasteiger charge is 2.38. The van der Waals surface area contributed by atoms with Gasteiger partial charge in [0.2, 0.25) is 0 Å². The number of carbonyl (C=O) groups excluding carboxylic acids is 3. The van der Waals surface area contributed by atoms with Gasteiger partial charge in [0.1, 0.15) is 17.1 Å². The number of halogens is 2. The van der Waals surface area contributed by atoms with Gasteiger partial charge in [0.15, 0.2) is 0 Å². The predicted molar refractivity (Wildman–Crippen MR) is 98.0 cm³/mol. The largest absolute Gasteiger partial charge is 0.493 e. The molecule has 138 valence electrons. The zero-order valence-electron chi connectivity index (χ0n) is 14.2. The van der Waals surface area contributed by atoms with Gasteiger partial charge in [-0.15, -0.1) is 0 Å². The lowest BCUT2D eigenvalue weighted by molar-refractivity contribution is -0.122. The van der Waals surface area contributed by atoms with Gasteiger partial charge in [-0.3, -0.25) is 14.9 Å². The molecule has 2 aromatic carbocycles. The average Bonchev–Trinajstić information content (AvgIpc) is 2.62. The van der Waals surface area contributed by atoms with Crippen LogP contribution in [-0.2, 0) is 9.59 Å². The van der Waals surface area contributed by atoms with Gasteiger partial charge >= 0.3 is 6.03 Å². The fourth-order valence-corrected chi connectivity index (χ4v) is 2.76. The number of carbonyl (C=O) groups is 3. The van der Waals surface area contributed by atoms with Gasteiger partial charge in [-0.25, -0.2) is 14.1 Å². The second-order valence-electron chi connectivity index (χ2n) is 5.52. The van der Waals surface area contributed by atoms with Crippen LogP contribution in [0.3, 0.4) is 0 Å². The van der Waals surface area contributed by atoms with Crippen molar-refractivity contribution in [1.29, 1.82) is 0 Å². The summed E-state index contributed by atoms with van der Waals surface area (Å²) < 4.78 is 19.5. The molecule has 1 aliphatic rings. The quantitative estimate of drug-likeness (QED) is 0.642. The summed E-state index contributed by atoms with van der Waals surface area (Å²) in [5.74, 6) is -2.20. The highest BCUT2D eigenvalue weighted by Crippen LogP contribution is 2.28. The molecule has 0 bridgehead atoms. The first-order chi connectivity index (χ1) is 12.9. The van der Waals surface area contributed by atoms with Crippen molar-refractivity contribution in [3.63, 3.8) is 0 Å². The van der Waals surface area contributed by atoms with Crippen LogP contribution in [0.2, 0.25) is 5.02 Å². The molecule has 3 rings (SSSR count). The topological polar surface area (TPSA) is 75.7 Å². The number of benzene rings is 2. The number of ether oxygens (including phenoxy) is 1. The summed E-state index contributed by atoms with van der Waals surface area (Å²) in [6, 6.07) is 8.98. The van der Waals surface area contributed by atoms with Gasteiger partial charge in [-0.2, -0.15) is 0 Å². The van der Waals surface area contributed by atoms with Crippen LogP contribution in [0.5, 0.6) is 5.75 Å². The summed E-state index contributed by atoms with van der Waals surface area (Å²) in [4.78, 5) is 37.7. The number of barbiturate groups is 1. The van der Waals surface area contributed by atoms with Crippen molar-refractivity contribution < 1.29 is 23.5 Å². The second-order valence-corrected chi connectivity index (χ2v) is 5.96. The van der Waals surface area contributed by atoms with Crippen molar-refractivity contribution in [2.45, 2.75) is 6.92 Å². The van der Waals surface area contributed by atoms with Crippen molar-refractivity contribution in [2.75, 3.05) is 11.5 Å². The SMILES string of the molecule is CCOc1ccc(Cl)cc1/C=C1/C(=O)NC(=O)N(c2ccccc2F)C1=O. The Hall–Kier alpha value is -3.19. The first kappa shape index (κ1) is 18.6. The lowest BCUT2D eigenvalue weighted by Crippen LogP contribution is -2.54. The number of urea groups is 1. The van der Waals surface area contributed by atoms with E-state index in [4.69, 9.17) is 16.3 Å². The third kappa shape index (κ3) is 3.68. The van der Waals surface area contributed by atoms with Gasteiger partial charge in [0.05, 0.1) is 12.3 Å². The molecule has 1 fully saturated rings. The minimum absolute atomic E-state index is 0.255. The zero-order valence-corrected chi connectivity index (χ0v) is 14.9. The number of imide groups is 2. The number of hydrogen-bond donors (Lipinski definition) is 1. The monoisotopic (exact) mass is 388 g/mol. The predicted octanol–water partition coefficient (Wildman–Crippen LogP) is 3.54. The van der Waals surface area contributed by atoms with Crippen molar-refractivity contribution in [3.8, 4) is 5.75 Å². The Balaban J connectivity index is 2.08. The zero-order chi connectivity index (χ0) is 19.6. The fraction of sp³-hybridized carbons (Fsp3) is 0.105. The van der Waals surface area contributed by atoms with E-state index < -0.39 is 23.7 Å². The van der Waals surface area contributed by atoms with E-state index in [1.54, 1.807) is 19.1 Å². The number of nitrogens with zero attached hydrogens (tertiary/aromatic N) is 1. The van der Waals surface area contributed by atoms with Crippen molar-refractivity contribution in [1.82, 2.24) is 5.32 Å². The second kappa shape index (κ2) is 7.59. The van der Waals surface area contributed by atoms with Crippen LogP contribution < -0.4 is 15.0 Å². The van der Waals surface area contributed by atoms with Crippen molar-refractivity contribution in [2.24, 2.45) is 0 Å². The van der Waals surface area contributed by atoms with Crippen molar-refractivity contribution in [3.05, 3.63) is 64.4 Å². The molecule has 0 aromatic heterocycles. The van der Waals surface area contributed by atoms with Crippen LogP contribution in [0.15, 0.2) is 48.0 Å². The maximum absolute atomic E-state index is 14.1. The molecule has 1 aliphatic heterocycles. The number of amides is 4. The van der Waals surface area contributed by atoms with E-state index in [1.807, 2.05) is 5.32 Å². The Morgan fingerprint density at radius 1 is 1.19 bits per heavy atom. The standard InChI is InChI=1S/C19H14ClFN2O4/c1-2-27-16-8-7-12(20)9-11(16)10-13-17(24)22-19(26)23(18(13)25)15-6-4-3-5-14(15)21/h3-10H,2H2,1H3,(H,22,24,26)/b13-10-. The van der Waals surface area contributed by atoms with Gasteiger partial charge in [-0.1, -0.05) is 23.7 Å². The molecule has 0 unspecified atom stereocenters. The van der Waals surface area contributed by atoms with Crippen LogP contribution in [0.1, 0.15) is 12.5 Å².